The van der Waals surface area contributed by atoms with E-state index in [0.29, 0.717) is 34.3 Å². The van der Waals surface area contributed by atoms with Crippen LogP contribution in [0.3, 0.4) is 0 Å². The number of amides is 2. The summed E-state index contributed by atoms with van der Waals surface area (Å²) in [5.74, 6) is 0.00497. The van der Waals surface area contributed by atoms with Crippen molar-refractivity contribution in [3.63, 3.8) is 0 Å². The standard InChI is InChI=1S/C19H21ClN2O2/c1-12(2)11-21-18(23)14-5-7-15(8-6-14)19(24)22-16-9-4-13(3)17(20)10-16/h4-10,12H,11H2,1-3H3,(H,21,23)(H,22,24). The van der Waals surface area contributed by atoms with E-state index < -0.39 is 0 Å². The van der Waals surface area contributed by atoms with Gasteiger partial charge in [-0.2, -0.15) is 0 Å². The van der Waals surface area contributed by atoms with Gasteiger partial charge in [-0.05, 0) is 54.8 Å². The Hall–Kier alpha value is -2.33. The third kappa shape index (κ3) is 4.83. The average Bonchev–Trinajstić information content (AvgIpc) is 2.56. The average molecular weight is 345 g/mol. The highest BCUT2D eigenvalue weighted by Gasteiger charge is 2.10. The molecular formula is C19H21ClN2O2. The van der Waals surface area contributed by atoms with Gasteiger partial charge in [0.1, 0.15) is 0 Å². The van der Waals surface area contributed by atoms with Gasteiger partial charge in [0.2, 0.25) is 0 Å². The lowest BCUT2D eigenvalue weighted by molar-refractivity contribution is 0.0947. The lowest BCUT2D eigenvalue weighted by Crippen LogP contribution is -2.27. The molecule has 0 heterocycles. The number of halogens is 1. The van der Waals surface area contributed by atoms with Crippen molar-refractivity contribution in [1.82, 2.24) is 5.32 Å². The normalized spacial score (nSPS) is 10.5. The molecule has 126 valence electrons. The van der Waals surface area contributed by atoms with Crippen molar-refractivity contribution in [2.24, 2.45) is 5.92 Å². The Morgan fingerprint density at radius 2 is 1.58 bits per heavy atom. The summed E-state index contributed by atoms with van der Waals surface area (Å²) in [5, 5.41) is 6.24. The van der Waals surface area contributed by atoms with Crippen molar-refractivity contribution >= 4 is 29.1 Å². The molecule has 0 atom stereocenters. The highest BCUT2D eigenvalue weighted by molar-refractivity contribution is 6.31. The highest BCUT2D eigenvalue weighted by atomic mass is 35.5. The summed E-state index contributed by atoms with van der Waals surface area (Å²) in [6.45, 7) is 6.59. The fourth-order valence-electron chi connectivity index (χ4n) is 2.05. The molecule has 0 aliphatic heterocycles. The van der Waals surface area contributed by atoms with Crippen LogP contribution in [0.25, 0.3) is 0 Å². The zero-order chi connectivity index (χ0) is 17.7. The Kier molecular flexibility index (Phi) is 5.99. The second kappa shape index (κ2) is 7.97. The topological polar surface area (TPSA) is 58.2 Å². The Morgan fingerprint density at radius 3 is 2.12 bits per heavy atom. The van der Waals surface area contributed by atoms with E-state index in [0.717, 1.165) is 5.56 Å². The molecule has 2 amide bonds. The molecule has 0 saturated heterocycles. The fourth-order valence-corrected chi connectivity index (χ4v) is 2.23. The van der Waals surface area contributed by atoms with Gasteiger partial charge in [-0.15, -0.1) is 0 Å². The molecule has 2 N–H and O–H groups in total. The van der Waals surface area contributed by atoms with Crippen LogP contribution in [0.5, 0.6) is 0 Å². The summed E-state index contributed by atoms with van der Waals surface area (Å²) in [7, 11) is 0. The van der Waals surface area contributed by atoms with Crippen LogP contribution in [0.4, 0.5) is 5.69 Å². The lowest BCUT2D eigenvalue weighted by Gasteiger charge is -2.09. The minimum absolute atomic E-state index is 0.138. The van der Waals surface area contributed by atoms with E-state index in [4.69, 9.17) is 11.6 Å². The van der Waals surface area contributed by atoms with Crippen LogP contribution in [-0.2, 0) is 0 Å². The van der Waals surface area contributed by atoms with E-state index in [1.54, 1.807) is 36.4 Å². The predicted molar refractivity (Wildman–Crippen MR) is 97.8 cm³/mol. The summed E-state index contributed by atoms with van der Waals surface area (Å²) >= 11 is 6.06. The molecule has 0 aliphatic rings. The molecule has 0 bridgehead atoms. The summed E-state index contributed by atoms with van der Waals surface area (Å²) in [5.41, 5.74) is 2.60. The van der Waals surface area contributed by atoms with E-state index in [2.05, 4.69) is 10.6 Å². The summed E-state index contributed by atoms with van der Waals surface area (Å²) < 4.78 is 0. The van der Waals surface area contributed by atoms with E-state index in [1.165, 1.54) is 0 Å². The third-order valence-electron chi connectivity index (χ3n) is 3.51. The second-order valence-electron chi connectivity index (χ2n) is 6.10. The molecular weight excluding hydrogens is 324 g/mol. The summed E-state index contributed by atoms with van der Waals surface area (Å²) in [4.78, 5) is 24.2. The van der Waals surface area contributed by atoms with Crippen LogP contribution in [0.1, 0.15) is 40.1 Å². The number of rotatable bonds is 5. The van der Waals surface area contributed by atoms with Gasteiger partial charge < -0.3 is 10.6 Å². The second-order valence-corrected chi connectivity index (χ2v) is 6.51. The van der Waals surface area contributed by atoms with Gasteiger partial charge in [0.05, 0.1) is 0 Å². The maximum absolute atomic E-state index is 12.3. The molecule has 0 saturated carbocycles. The van der Waals surface area contributed by atoms with Crippen LogP contribution in [0.2, 0.25) is 5.02 Å². The number of anilines is 1. The van der Waals surface area contributed by atoms with Crippen molar-refractivity contribution in [2.75, 3.05) is 11.9 Å². The number of aryl methyl sites for hydroxylation is 1. The maximum atomic E-state index is 12.3. The number of hydrogen-bond donors (Lipinski definition) is 2. The molecule has 0 radical (unpaired) electrons. The van der Waals surface area contributed by atoms with Gasteiger partial charge in [0, 0.05) is 28.4 Å². The van der Waals surface area contributed by atoms with E-state index in [9.17, 15) is 9.59 Å². The Balaban J connectivity index is 2.02. The van der Waals surface area contributed by atoms with Crippen molar-refractivity contribution < 1.29 is 9.59 Å². The zero-order valence-electron chi connectivity index (χ0n) is 14.0. The molecule has 24 heavy (non-hydrogen) atoms. The summed E-state index contributed by atoms with van der Waals surface area (Å²) in [6.07, 6.45) is 0. The smallest absolute Gasteiger partial charge is 0.255 e. The first-order chi connectivity index (χ1) is 11.4. The van der Waals surface area contributed by atoms with Crippen molar-refractivity contribution in [2.45, 2.75) is 20.8 Å². The summed E-state index contributed by atoms with van der Waals surface area (Å²) in [6, 6.07) is 11.9. The van der Waals surface area contributed by atoms with E-state index >= 15 is 0 Å². The lowest BCUT2D eigenvalue weighted by atomic mass is 10.1. The molecule has 2 aromatic carbocycles. The number of benzene rings is 2. The monoisotopic (exact) mass is 344 g/mol. The Labute approximate surface area is 147 Å². The largest absolute Gasteiger partial charge is 0.352 e. The van der Waals surface area contributed by atoms with E-state index in [-0.39, 0.29) is 11.8 Å². The number of hydrogen-bond acceptors (Lipinski definition) is 2. The maximum Gasteiger partial charge on any atom is 0.255 e. The molecule has 2 rings (SSSR count). The van der Waals surface area contributed by atoms with Gasteiger partial charge in [0.15, 0.2) is 0 Å². The minimum atomic E-state index is -0.246. The molecule has 0 fully saturated rings. The first-order valence-corrected chi connectivity index (χ1v) is 8.20. The third-order valence-corrected chi connectivity index (χ3v) is 3.92. The van der Waals surface area contributed by atoms with Crippen LogP contribution >= 0.6 is 11.6 Å². The number of carbonyl (C=O) groups is 2. The molecule has 2 aromatic rings. The minimum Gasteiger partial charge on any atom is -0.352 e. The molecule has 0 spiro atoms. The number of nitrogens with one attached hydrogen (secondary N) is 2. The predicted octanol–water partition coefficient (Wildman–Crippen LogP) is 4.29. The van der Waals surface area contributed by atoms with Crippen LogP contribution in [-0.4, -0.2) is 18.4 Å². The zero-order valence-corrected chi connectivity index (χ0v) is 14.8. The van der Waals surface area contributed by atoms with E-state index in [1.807, 2.05) is 26.8 Å². The number of carbonyl (C=O) groups excluding carboxylic acids is 2. The van der Waals surface area contributed by atoms with Crippen LogP contribution in [0.15, 0.2) is 42.5 Å². The van der Waals surface area contributed by atoms with Gasteiger partial charge in [0.25, 0.3) is 11.8 Å². The van der Waals surface area contributed by atoms with Gasteiger partial charge in [-0.1, -0.05) is 31.5 Å². The van der Waals surface area contributed by atoms with Gasteiger partial charge in [-0.25, -0.2) is 0 Å². The molecule has 4 nitrogen and oxygen atoms in total. The highest BCUT2D eigenvalue weighted by Crippen LogP contribution is 2.20. The molecule has 0 unspecified atom stereocenters. The first kappa shape index (κ1) is 18.0. The fraction of sp³-hybridized carbons (Fsp3) is 0.263. The molecule has 5 heteroatoms. The van der Waals surface area contributed by atoms with Gasteiger partial charge >= 0.3 is 0 Å². The van der Waals surface area contributed by atoms with Crippen molar-refractivity contribution in [1.29, 1.82) is 0 Å². The van der Waals surface area contributed by atoms with Crippen LogP contribution in [0, 0.1) is 12.8 Å². The van der Waals surface area contributed by atoms with Gasteiger partial charge in [-0.3, -0.25) is 9.59 Å². The van der Waals surface area contributed by atoms with Crippen molar-refractivity contribution in [3.05, 3.63) is 64.2 Å². The molecule has 0 aliphatic carbocycles. The SMILES string of the molecule is Cc1ccc(NC(=O)c2ccc(C(=O)NCC(C)C)cc2)cc1Cl. The van der Waals surface area contributed by atoms with Crippen molar-refractivity contribution in [3.8, 4) is 0 Å². The van der Waals surface area contributed by atoms with Crippen LogP contribution < -0.4 is 10.6 Å². The Morgan fingerprint density at radius 1 is 1.00 bits per heavy atom. The quantitative estimate of drug-likeness (QED) is 0.850. The first-order valence-electron chi connectivity index (χ1n) is 7.82. The molecule has 0 aromatic heterocycles. The Bertz CT molecular complexity index is 740.